The van der Waals surface area contributed by atoms with Crippen LogP contribution in [0.1, 0.15) is 34.6 Å². The molecule has 0 unspecified atom stereocenters. The molecule has 3 amide bonds. The number of hydrogen-bond donors (Lipinski definition) is 25. The van der Waals surface area contributed by atoms with E-state index in [0.29, 0.717) is 0 Å². The Hall–Kier alpha value is -3.03. The average molecular weight is 1410 g/mol. The number of nitrogens with one attached hydrogen (secondary N) is 3. The van der Waals surface area contributed by atoms with Gasteiger partial charge in [-0.15, -0.1) is 0 Å². The van der Waals surface area contributed by atoms with Crippen molar-refractivity contribution in [3.8, 4) is 0 Å². The fraction of sp³-hybridized carbons (Fsp3) is 0.944. The van der Waals surface area contributed by atoms with Crippen molar-refractivity contribution in [1.29, 1.82) is 0 Å². The fourth-order valence-corrected chi connectivity index (χ4v) is 12.2. The summed E-state index contributed by atoms with van der Waals surface area (Å²) in [5.41, 5.74) is 0. The lowest BCUT2D eigenvalue weighted by molar-refractivity contribution is -0.398. The van der Waals surface area contributed by atoms with E-state index in [-0.39, 0.29) is 0 Å². The van der Waals surface area contributed by atoms with Crippen molar-refractivity contribution < 1.29 is 193 Å². The van der Waals surface area contributed by atoms with Crippen LogP contribution >= 0.6 is 0 Å². The Morgan fingerprint density at radius 3 is 1.03 bits per heavy atom. The number of aliphatic hydroxyl groups is 22. The molecule has 0 aromatic heterocycles. The van der Waals surface area contributed by atoms with Crippen molar-refractivity contribution >= 4 is 17.7 Å². The van der Waals surface area contributed by atoms with Crippen molar-refractivity contribution in [2.45, 2.75) is 274 Å². The molecule has 0 radical (unpaired) electrons. The summed E-state index contributed by atoms with van der Waals surface area (Å²) in [6, 6.07) is -5.62. The lowest BCUT2D eigenvalue weighted by Gasteiger charge is -2.52. The van der Waals surface area contributed by atoms with E-state index in [1.807, 2.05) is 0 Å². The summed E-state index contributed by atoms with van der Waals surface area (Å²) < 4.78 is 84.1. The first kappa shape index (κ1) is 80.3. The van der Waals surface area contributed by atoms with Gasteiger partial charge in [-0.3, -0.25) is 14.4 Å². The molecule has 558 valence electrons. The molecule has 39 atom stereocenters. The van der Waals surface area contributed by atoms with Crippen LogP contribution in [0, 0.1) is 0 Å². The molecule has 7 aliphatic heterocycles. The SMILES string of the molecule is CC(=O)N[C@H]1[C@H](O[C@H]2[C@@H](O)[C@@H](CO)O[C@@H](O[C@H]3[C@H](O[C@@H]4O[C@@H](C)[C@@H](O)[C@@H](O)[C@@H]4O)[C@@H](NC(C)=O)[C@H](O[C@H]4[C@@H](O)[C@@H](CO)O[C@@H](O[C@H]5[C@H](O[C@@H]6O[C@@H](C)[C@@H](O)[C@@H](O)[C@@H]6O)[C@@H](NC(C)=O)[C@H](O[C@@H]([C@@H](O)[C@H](O)CO)[C@@H](O)CO)O[C@@H]5CO)[C@@H]4O)O[C@@H]3CO)[C@@H]2O)O[C@H](CO)[C@@H](O)[C@@H]1O. The van der Waals surface area contributed by atoms with Crippen molar-refractivity contribution in [1.82, 2.24) is 16.0 Å². The van der Waals surface area contributed by atoms with Gasteiger partial charge in [-0.1, -0.05) is 0 Å². The Balaban J connectivity index is 1.27. The number of carbonyl (C=O) groups is 3. The van der Waals surface area contributed by atoms with E-state index in [2.05, 4.69) is 16.0 Å². The van der Waals surface area contributed by atoms with E-state index in [1.54, 1.807) is 0 Å². The summed E-state index contributed by atoms with van der Waals surface area (Å²) >= 11 is 0. The summed E-state index contributed by atoms with van der Waals surface area (Å²) in [5, 5.41) is 248. The Labute approximate surface area is 545 Å². The normalized spacial score (nSPS) is 46.8. The zero-order chi connectivity index (χ0) is 71.2. The van der Waals surface area contributed by atoms with E-state index in [4.69, 9.17) is 66.3 Å². The van der Waals surface area contributed by atoms with Gasteiger partial charge in [-0.25, -0.2) is 0 Å². The second-order valence-corrected chi connectivity index (χ2v) is 24.3. The molecule has 0 bridgehead atoms. The van der Waals surface area contributed by atoms with Gasteiger partial charge in [-0.2, -0.15) is 0 Å². The number of amides is 3. The third-order valence-electron chi connectivity index (χ3n) is 17.4. The van der Waals surface area contributed by atoms with Crippen LogP contribution in [0.3, 0.4) is 0 Å². The molecule has 0 aromatic rings. The molecule has 0 saturated carbocycles. The van der Waals surface area contributed by atoms with Gasteiger partial charge in [-0.05, 0) is 13.8 Å². The lowest BCUT2D eigenvalue weighted by atomic mass is 9.93. The summed E-state index contributed by atoms with van der Waals surface area (Å²) in [6.45, 7) is -2.54. The third kappa shape index (κ3) is 17.9. The van der Waals surface area contributed by atoms with Crippen molar-refractivity contribution in [3.63, 3.8) is 0 Å². The monoisotopic (exact) mass is 1410 g/mol. The number of rotatable bonds is 27. The number of aliphatic hydroxyl groups excluding tert-OH is 22. The number of ether oxygens (including phenoxy) is 14. The highest BCUT2D eigenvalue weighted by Crippen LogP contribution is 2.40. The van der Waals surface area contributed by atoms with E-state index < -0.39 is 303 Å². The molecule has 0 aliphatic carbocycles. The maximum Gasteiger partial charge on any atom is 0.217 e. The summed E-state index contributed by atoms with van der Waals surface area (Å²) in [7, 11) is 0. The van der Waals surface area contributed by atoms with Crippen LogP contribution in [-0.2, 0) is 80.7 Å². The Morgan fingerprint density at radius 1 is 0.333 bits per heavy atom. The second-order valence-electron chi connectivity index (χ2n) is 24.3. The minimum atomic E-state index is -2.45. The topological polar surface area (TPSA) is 662 Å². The highest BCUT2D eigenvalue weighted by Gasteiger charge is 2.61. The zero-order valence-electron chi connectivity index (χ0n) is 52.2. The Morgan fingerprint density at radius 2 is 0.646 bits per heavy atom. The van der Waals surface area contributed by atoms with Gasteiger partial charge in [0.25, 0.3) is 0 Å². The van der Waals surface area contributed by atoms with Gasteiger partial charge in [0, 0.05) is 20.8 Å². The fourth-order valence-electron chi connectivity index (χ4n) is 12.2. The van der Waals surface area contributed by atoms with Gasteiger partial charge in [0.15, 0.2) is 44.0 Å². The quantitative estimate of drug-likeness (QED) is 0.0363. The predicted octanol–water partition coefficient (Wildman–Crippen LogP) is -16.3. The maximum atomic E-state index is 13.4. The highest BCUT2D eigenvalue weighted by molar-refractivity contribution is 5.74. The average Bonchev–Trinajstić information content (AvgIpc) is 0.763. The molecule has 0 spiro atoms. The Bertz CT molecular complexity index is 2420. The largest absolute Gasteiger partial charge is 0.394 e. The van der Waals surface area contributed by atoms with Gasteiger partial charge >= 0.3 is 0 Å². The minimum Gasteiger partial charge on any atom is -0.394 e. The summed E-state index contributed by atoms with van der Waals surface area (Å²) in [6.07, 6.45) is -72.7. The standard InChI is InChI=1S/C54H93N3O39/c1-13-28(70)35(77)37(79)51(83-13)93-44-26(56-16(4)66)49(90-41(19(69)7-59)30(72)18(68)6-58)88-23(11-63)42(44)91-54-40(82)47(33(75)22(10-62)87-54)96-50-27(57-17(5)67)45(94-52-38(80)36(78)29(71)14(2)84-52)43(24(12-64)89-50)92-53-39(81)46(32(74)21(9-61)86-53)95-48-25(55-15(3)65)34(76)31(73)20(8-60)85-48/h13-14,18-54,58-64,68-82H,6-12H2,1-5H3,(H,55,65)(H,56,66)(H,57,67)/t13-,14-,18+,19-,20+,21+,22+,23+,24+,25+,26+,27+,28+,29+,30-,31+,32-,33-,34+,35+,36+,37-,38-,39+,40+,41+,42+,43+,44+,45+,46-,47-,48-,49-,50-,51-,52-,53-,54-/m0/s1. The molecule has 42 nitrogen and oxygen atoms in total. The van der Waals surface area contributed by atoms with Gasteiger partial charge in [0.2, 0.25) is 17.7 Å². The lowest BCUT2D eigenvalue weighted by Crippen LogP contribution is -2.72. The minimum absolute atomic E-state index is 0.804. The van der Waals surface area contributed by atoms with Crippen LogP contribution in [0.25, 0.3) is 0 Å². The molecular weight excluding hydrogens is 1310 g/mol. The van der Waals surface area contributed by atoms with Gasteiger partial charge in [0.05, 0.1) is 58.5 Å². The first-order valence-corrected chi connectivity index (χ1v) is 30.8. The van der Waals surface area contributed by atoms with E-state index in [0.717, 1.165) is 20.8 Å². The molecule has 96 heavy (non-hydrogen) atoms. The van der Waals surface area contributed by atoms with E-state index in [9.17, 15) is 127 Å². The predicted molar refractivity (Wildman–Crippen MR) is 299 cm³/mol. The van der Waals surface area contributed by atoms with E-state index >= 15 is 0 Å². The molecule has 7 fully saturated rings. The van der Waals surface area contributed by atoms with Gasteiger partial charge < -0.3 is 195 Å². The highest BCUT2D eigenvalue weighted by atomic mass is 16.8. The van der Waals surface area contributed by atoms with Crippen LogP contribution in [0.5, 0.6) is 0 Å². The zero-order valence-corrected chi connectivity index (χ0v) is 52.2. The van der Waals surface area contributed by atoms with Crippen molar-refractivity contribution in [2.24, 2.45) is 0 Å². The first-order chi connectivity index (χ1) is 45.3. The Kier molecular flexibility index (Phi) is 29.5. The smallest absolute Gasteiger partial charge is 0.217 e. The molecule has 0 aromatic carbocycles. The molecule has 7 saturated heterocycles. The van der Waals surface area contributed by atoms with Gasteiger partial charge in [0.1, 0.15) is 183 Å². The third-order valence-corrected chi connectivity index (χ3v) is 17.4. The van der Waals surface area contributed by atoms with Crippen LogP contribution in [0.2, 0.25) is 0 Å². The molecule has 7 rings (SSSR count). The maximum absolute atomic E-state index is 13.4. The second kappa shape index (κ2) is 35.2. The van der Waals surface area contributed by atoms with Crippen molar-refractivity contribution in [3.05, 3.63) is 0 Å². The van der Waals surface area contributed by atoms with Crippen LogP contribution in [0.15, 0.2) is 0 Å². The molecule has 7 aliphatic rings. The molecule has 7 heterocycles. The molecular formula is C54H93N3O39. The molecule has 42 heteroatoms. The molecule has 25 N–H and O–H groups in total. The first-order valence-electron chi connectivity index (χ1n) is 30.8. The van der Waals surface area contributed by atoms with Crippen LogP contribution < -0.4 is 16.0 Å². The van der Waals surface area contributed by atoms with E-state index in [1.165, 1.54) is 13.8 Å². The summed E-state index contributed by atoms with van der Waals surface area (Å²) in [5.74, 6) is -2.75. The summed E-state index contributed by atoms with van der Waals surface area (Å²) in [4.78, 5) is 38.8. The number of hydrogen-bond acceptors (Lipinski definition) is 39. The van der Waals surface area contributed by atoms with Crippen molar-refractivity contribution in [2.75, 3.05) is 46.2 Å². The van der Waals surface area contributed by atoms with Crippen LogP contribution in [0.4, 0.5) is 0 Å². The number of carbonyl (C=O) groups excluding carboxylic acids is 3. The van der Waals surface area contributed by atoms with Crippen LogP contribution in [-0.4, -0.2) is 415 Å².